The van der Waals surface area contributed by atoms with Gasteiger partial charge in [0, 0.05) is 32.9 Å². The van der Waals surface area contributed by atoms with Gasteiger partial charge >= 0.3 is 0 Å². The van der Waals surface area contributed by atoms with Crippen LogP contribution in [-0.2, 0) is 0 Å². The van der Waals surface area contributed by atoms with Gasteiger partial charge in [0.15, 0.2) is 0 Å². The molecule has 2 nitrogen and oxygen atoms in total. The van der Waals surface area contributed by atoms with Crippen molar-refractivity contribution in [2.24, 2.45) is 9.03 Å². The molecule has 0 aliphatic rings. The molecule has 6 heteroatoms. The molecule has 0 aromatic heterocycles. The van der Waals surface area contributed by atoms with Crippen molar-refractivity contribution in [3.63, 3.8) is 0 Å². The van der Waals surface area contributed by atoms with E-state index in [2.05, 4.69) is 55.4 Å². The van der Waals surface area contributed by atoms with Crippen LogP contribution in [0.5, 0.6) is 0 Å². The van der Waals surface area contributed by atoms with Crippen LogP contribution >= 0.6 is 32.9 Å². The minimum atomic E-state index is -0.164. The summed E-state index contributed by atoms with van der Waals surface area (Å²) in [5.41, 5.74) is 2.83. The fourth-order valence-corrected chi connectivity index (χ4v) is 10.4. The monoisotopic (exact) mass is 338 g/mol. The van der Waals surface area contributed by atoms with E-state index in [9.17, 15) is 0 Å². The van der Waals surface area contributed by atoms with Crippen LogP contribution in [0.3, 0.4) is 0 Å². The summed E-state index contributed by atoms with van der Waals surface area (Å²) in [5.74, 6) is 1.08. The Morgan fingerprint density at radius 2 is 0.895 bits per heavy atom. The van der Waals surface area contributed by atoms with E-state index in [4.69, 9.17) is 9.03 Å². The molecule has 0 spiro atoms. The van der Waals surface area contributed by atoms with Gasteiger partial charge in [0.25, 0.3) is 0 Å². The normalized spacial score (nSPS) is 13.8. The minimum Gasteiger partial charge on any atom is -0.244 e. The second-order valence-corrected chi connectivity index (χ2v) is 14.5. The van der Waals surface area contributed by atoms with Gasteiger partial charge in [-0.05, 0) is 22.6 Å². The Morgan fingerprint density at radius 1 is 0.632 bits per heavy atom. The minimum absolute atomic E-state index is 0.164. The highest BCUT2D eigenvalue weighted by Crippen LogP contribution is 2.51. The molecule has 0 fully saturated rings. The quantitative estimate of drug-likeness (QED) is 0.406. The van der Waals surface area contributed by atoms with Gasteiger partial charge in [-0.3, -0.25) is 0 Å². The molecule has 0 radical (unpaired) electrons. The van der Waals surface area contributed by atoms with Gasteiger partial charge in [-0.2, -0.15) is 0 Å². The lowest BCUT2D eigenvalue weighted by molar-refractivity contribution is 1.01. The molecule has 0 saturated carbocycles. The van der Waals surface area contributed by atoms with Crippen LogP contribution < -0.4 is 0 Å². The lowest BCUT2D eigenvalue weighted by atomic mass is 10.5. The number of hydrogen-bond donors (Lipinski definition) is 0. The first-order valence-electron chi connectivity index (χ1n) is 7.08. The topological polar surface area (TPSA) is 24.7 Å². The Kier molecular flexibility index (Phi) is 11.3. The van der Waals surface area contributed by atoms with Gasteiger partial charge in [-0.15, -0.1) is 0 Å². The lowest BCUT2D eigenvalue weighted by Crippen LogP contribution is -2.00. The fourth-order valence-electron chi connectivity index (χ4n) is 1.84. The first-order valence-corrected chi connectivity index (χ1v) is 12.0. The predicted octanol–water partition coefficient (Wildman–Crippen LogP) is 7.63. The van der Waals surface area contributed by atoms with Crippen LogP contribution in [0.1, 0.15) is 55.4 Å². The van der Waals surface area contributed by atoms with Gasteiger partial charge in [0.2, 0.25) is 0 Å². The predicted molar refractivity (Wildman–Crippen MR) is 97.9 cm³/mol. The first-order chi connectivity index (χ1) is 8.77. The summed E-state index contributed by atoms with van der Waals surface area (Å²) in [6.45, 7) is 18.4. The standard InChI is InChI=1S/C13H30N2P4/c1-10(2)18(11(3)4)14-16-9-17-15-19(12(5)6)13(7)8/h10-13H,9H2,1-8H3. The second-order valence-electron chi connectivity index (χ2n) is 5.74. The maximum absolute atomic E-state index is 4.89. The maximum atomic E-state index is 4.89. The highest BCUT2D eigenvalue weighted by Gasteiger charge is 2.16. The van der Waals surface area contributed by atoms with E-state index < -0.39 is 0 Å². The van der Waals surface area contributed by atoms with Crippen LogP contribution in [0.15, 0.2) is 9.03 Å². The van der Waals surface area contributed by atoms with Crippen molar-refractivity contribution in [3.8, 4) is 0 Å². The average molecular weight is 338 g/mol. The van der Waals surface area contributed by atoms with Gasteiger partial charge in [0.1, 0.15) is 0 Å². The third-order valence-corrected chi connectivity index (χ3v) is 10.5. The van der Waals surface area contributed by atoms with Gasteiger partial charge in [0.05, 0.1) is 5.90 Å². The van der Waals surface area contributed by atoms with Crippen molar-refractivity contribution in [2.75, 3.05) is 5.90 Å². The molecule has 0 N–H and O–H groups in total. The zero-order valence-electron chi connectivity index (χ0n) is 13.7. The maximum Gasteiger partial charge on any atom is 0.0670 e. The van der Waals surface area contributed by atoms with Crippen LogP contribution in [0, 0.1) is 0 Å². The Bertz CT molecular complexity index is 244. The van der Waals surface area contributed by atoms with Crippen molar-refractivity contribution in [1.29, 1.82) is 0 Å². The molecule has 0 saturated heterocycles. The molecule has 0 unspecified atom stereocenters. The van der Waals surface area contributed by atoms with Crippen LogP contribution in [0.25, 0.3) is 0 Å². The molecule has 0 heterocycles. The summed E-state index contributed by atoms with van der Waals surface area (Å²) in [6, 6.07) is 0. The second kappa shape index (κ2) is 10.7. The summed E-state index contributed by atoms with van der Waals surface area (Å²) < 4.78 is 9.77. The van der Waals surface area contributed by atoms with Crippen molar-refractivity contribution < 1.29 is 0 Å². The number of hydrogen-bond acceptors (Lipinski definition) is 2. The SMILES string of the molecule is CC(C)P(N=PCP=NP(C(C)C)C(C)C)C(C)C. The van der Waals surface area contributed by atoms with Crippen molar-refractivity contribution in [3.05, 3.63) is 0 Å². The molecule has 0 aliphatic carbocycles. The van der Waals surface area contributed by atoms with Crippen LogP contribution in [0.2, 0.25) is 0 Å². The van der Waals surface area contributed by atoms with E-state index in [1.54, 1.807) is 0 Å². The molecule has 0 rings (SSSR count). The molecular formula is C13H30N2P4. The average Bonchev–Trinajstić information content (AvgIpc) is 2.25. The number of rotatable bonds is 8. The molecule has 0 aliphatic heterocycles. The van der Waals surface area contributed by atoms with Gasteiger partial charge in [-0.1, -0.05) is 55.4 Å². The fraction of sp³-hybridized carbons (Fsp3) is 1.00. The van der Waals surface area contributed by atoms with Gasteiger partial charge < -0.3 is 0 Å². The van der Waals surface area contributed by atoms with E-state index in [1.807, 2.05) is 0 Å². The summed E-state index contributed by atoms with van der Waals surface area (Å²) >= 11 is 0. The first kappa shape index (κ1) is 20.1. The summed E-state index contributed by atoms with van der Waals surface area (Å²) in [7, 11) is 2.16. The van der Waals surface area contributed by atoms with E-state index >= 15 is 0 Å². The van der Waals surface area contributed by atoms with E-state index in [0.29, 0.717) is 22.6 Å². The van der Waals surface area contributed by atoms with Crippen LogP contribution in [-0.4, -0.2) is 28.5 Å². The largest absolute Gasteiger partial charge is 0.244 e. The molecule has 19 heavy (non-hydrogen) atoms. The molecule has 0 bridgehead atoms. The van der Waals surface area contributed by atoms with Crippen LogP contribution in [0.4, 0.5) is 0 Å². The summed E-state index contributed by atoms with van der Waals surface area (Å²) in [4.78, 5) is 0. The van der Waals surface area contributed by atoms with E-state index in [-0.39, 0.29) is 16.1 Å². The number of nitrogens with zero attached hydrogens (tertiary/aromatic N) is 2. The summed E-state index contributed by atoms with van der Waals surface area (Å²) in [6.07, 6.45) is 0. The molecular weight excluding hydrogens is 308 g/mol. The highest BCUT2D eigenvalue weighted by molar-refractivity contribution is 7.65. The van der Waals surface area contributed by atoms with Crippen molar-refractivity contribution >= 4 is 32.9 Å². The van der Waals surface area contributed by atoms with Gasteiger partial charge in [-0.25, -0.2) is 9.03 Å². The smallest absolute Gasteiger partial charge is 0.0670 e. The lowest BCUT2D eigenvalue weighted by Gasteiger charge is -2.20. The molecule has 0 aromatic carbocycles. The Balaban J connectivity index is 4.33. The Morgan fingerprint density at radius 3 is 1.11 bits per heavy atom. The highest BCUT2D eigenvalue weighted by atomic mass is 31.2. The zero-order valence-corrected chi connectivity index (χ0v) is 17.3. The third kappa shape index (κ3) is 8.83. The molecule has 0 aromatic rings. The Hall–Kier alpha value is 1.06. The molecule has 0 amide bonds. The Labute approximate surface area is 126 Å². The van der Waals surface area contributed by atoms with Crippen molar-refractivity contribution in [1.82, 2.24) is 0 Å². The van der Waals surface area contributed by atoms with Crippen molar-refractivity contribution in [2.45, 2.75) is 78.0 Å². The van der Waals surface area contributed by atoms with E-state index in [0.717, 1.165) is 5.90 Å². The van der Waals surface area contributed by atoms with E-state index in [1.165, 1.54) is 16.7 Å². The summed E-state index contributed by atoms with van der Waals surface area (Å²) in [5, 5.41) is 0. The third-order valence-electron chi connectivity index (χ3n) is 2.58. The zero-order chi connectivity index (χ0) is 15.0. The molecule has 0 atom stereocenters. The molecule has 112 valence electrons.